The van der Waals surface area contributed by atoms with Gasteiger partial charge in [-0.05, 0) is 45.2 Å². The van der Waals surface area contributed by atoms with Crippen LogP contribution in [0.1, 0.15) is 44.9 Å². The lowest BCUT2D eigenvalue weighted by atomic mass is 9.89. The van der Waals surface area contributed by atoms with E-state index in [9.17, 15) is 0 Å². The summed E-state index contributed by atoms with van der Waals surface area (Å²) in [6.45, 7) is 2.39. The second-order valence-corrected chi connectivity index (χ2v) is 5.36. The minimum absolute atomic E-state index is 0.654. The molecule has 1 aliphatic carbocycles. The third-order valence-electron chi connectivity index (χ3n) is 3.26. The molecule has 0 bridgehead atoms. The number of thiocarbonyl (C=S) groups is 1. The van der Waals surface area contributed by atoms with Crippen LogP contribution in [0.15, 0.2) is 0 Å². The monoisotopic (exact) mass is 228 g/mol. The van der Waals surface area contributed by atoms with Gasteiger partial charge in [0.05, 0.1) is 4.99 Å². The summed E-state index contributed by atoms with van der Waals surface area (Å²) >= 11 is 4.87. The third-order valence-corrected chi connectivity index (χ3v) is 3.46. The fraction of sp³-hybridized carbons (Fsp3) is 0.917. The highest BCUT2D eigenvalue weighted by Crippen LogP contribution is 2.24. The smallest absolute Gasteiger partial charge is 0.0727 e. The average molecular weight is 228 g/mol. The molecule has 0 saturated heterocycles. The maximum atomic E-state index is 5.48. The van der Waals surface area contributed by atoms with Gasteiger partial charge >= 0.3 is 0 Å². The highest BCUT2D eigenvalue weighted by atomic mass is 32.1. The molecule has 0 aromatic heterocycles. The summed E-state index contributed by atoms with van der Waals surface area (Å²) in [5, 5.41) is 0. The van der Waals surface area contributed by atoms with Crippen LogP contribution in [0.5, 0.6) is 0 Å². The van der Waals surface area contributed by atoms with Crippen LogP contribution < -0.4 is 5.73 Å². The van der Waals surface area contributed by atoms with Gasteiger partial charge in [0, 0.05) is 6.54 Å². The summed E-state index contributed by atoms with van der Waals surface area (Å²) in [4.78, 5) is 3.09. The standard InChI is InChI=1S/C12H24N2S/c1-14(9-5-8-12(13)15)10-11-6-3-2-4-7-11/h11H,2-10H2,1H3,(H2,13,15). The first-order chi connectivity index (χ1) is 7.18. The molecule has 2 N–H and O–H groups in total. The van der Waals surface area contributed by atoms with Gasteiger partial charge in [-0.15, -0.1) is 0 Å². The van der Waals surface area contributed by atoms with E-state index in [1.165, 1.54) is 38.6 Å². The molecule has 15 heavy (non-hydrogen) atoms. The van der Waals surface area contributed by atoms with Crippen LogP contribution in [0, 0.1) is 5.92 Å². The highest BCUT2D eigenvalue weighted by molar-refractivity contribution is 7.80. The van der Waals surface area contributed by atoms with Crippen LogP contribution in [0.4, 0.5) is 0 Å². The zero-order chi connectivity index (χ0) is 11.1. The van der Waals surface area contributed by atoms with E-state index in [2.05, 4.69) is 11.9 Å². The van der Waals surface area contributed by atoms with Gasteiger partial charge in [-0.25, -0.2) is 0 Å². The molecule has 1 rings (SSSR count). The summed E-state index contributed by atoms with van der Waals surface area (Å²) in [6, 6.07) is 0. The van der Waals surface area contributed by atoms with Crippen molar-refractivity contribution in [2.45, 2.75) is 44.9 Å². The molecule has 0 unspecified atom stereocenters. The SMILES string of the molecule is CN(CCCC(N)=S)CC1CCCCC1. The number of nitrogens with two attached hydrogens (primary N) is 1. The zero-order valence-corrected chi connectivity index (χ0v) is 10.7. The Hall–Kier alpha value is -0.150. The number of nitrogens with zero attached hydrogens (tertiary/aromatic N) is 1. The van der Waals surface area contributed by atoms with Gasteiger partial charge in [0.15, 0.2) is 0 Å². The van der Waals surface area contributed by atoms with Crippen LogP contribution in [-0.4, -0.2) is 30.0 Å². The molecule has 0 radical (unpaired) electrons. The molecule has 0 atom stereocenters. The van der Waals surface area contributed by atoms with E-state index < -0.39 is 0 Å². The fourth-order valence-corrected chi connectivity index (χ4v) is 2.57. The molecule has 0 aromatic rings. The van der Waals surface area contributed by atoms with Crippen molar-refractivity contribution < 1.29 is 0 Å². The maximum absolute atomic E-state index is 5.48. The molecule has 0 amide bonds. The van der Waals surface area contributed by atoms with E-state index in [1.807, 2.05) is 0 Å². The third kappa shape index (κ3) is 6.10. The van der Waals surface area contributed by atoms with Gasteiger partial charge in [0.25, 0.3) is 0 Å². The lowest BCUT2D eigenvalue weighted by Crippen LogP contribution is -2.28. The molecule has 0 heterocycles. The summed E-state index contributed by atoms with van der Waals surface area (Å²) in [5.41, 5.74) is 5.48. The minimum atomic E-state index is 0.654. The van der Waals surface area contributed by atoms with Crippen LogP contribution in [0.2, 0.25) is 0 Å². The Kier molecular flexibility index (Phi) is 6.18. The van der Waals surface area contributed by atoms with Crippen molar-refractivity contribution in [2.24, 2.45) is 11.7 Å². The van der Waals surface area contributed by atoms with Crippen molar-refractivity contribution in [1.29, 1.82) is 0 Å². The average Bonchev–Trinajstić information content (AvgIpc) is 2.18. The Labute approximate surface area is 99.2 Å². The topological polar surface area (TPSA) is 29.3 Å². The highest BCUT2D eigenvalue weighted by Gasteiger charge is 2.14. The first-order valence-electron chi connectivity index (χ1n) is 6.15. The molecular weight excluding hydrogens is 204 g/mol. The second kappa shape index (κ2) is 7.18. The molecule has 1 saturated carbocycles. The quantitative estimate of drug-likeness (QED) is 0.709. The molecule has 1 aliphatic rings. The van der Waals surface area contributed by atoms with Crippen molar-refractivity contribution in [1.82, 2.24) is 4.90 Å². The van der Waals surface area contributed by atoms with Crippen molar-refractivity contribution >= 4 is 17.2 Å². The Balaban J connectivity index is 2.06. The van der Waals surface area contributed by atoms with Crippen LogP contribution >= 0.6 is 12.2 Å². The van der Waals surface area contributed by atoms with Crippen LogP contribution in [0.3, 0.4) is 0 Å². The van der Waals surface area contributed by atoms with Gasteiger partial charge in [-0.1, -0.05) is 31.5 Å². The molecule has 1 fully saturated rings. The predicted molar refractivity (Wildman–Crippen MR) is 70.1 cm³/mol. The first kappa shape index (κ1) is 12.9. The van der Waals surface area contributed by atoms with E-state index >= 15 is 0 Å². The molecule has 88 valence electrons. The summed E-state index contributed by atoms with van der Waals surface area (Å²) in [6.07, 6.45) is 9.18. The molecule has 2 nitrogen and oxygen atoms in total. The minimum Gasteiger partial charge on any atom is -0.393 e. The molecule has 0 aromatic carbocycles. The van der Waals surface area contributed by atoms with Gasteiger partial charge in [-0.2, -0.15) is 0 Å². The first-order valence-corrected chi connectivity index (χ1v) is 6.56. The van der Waals surface area contributed by atoms with Crippen molar-refractivity contribution in [3.05, 3.63) is 0 Å². The lowest BCUT2D eigenvalue weighted by molar-refractivity contribution is 0.233. The van der Waals surface area contributed by atoms with Gasteiger partial charge in [0.2, 0.25) is 0 Å². The Morgan fingerprint density at radius 1 is 1.33 bits per heavy atom. The van der Waals surface area contributed by atoms with E-state index in [0.29, 0.717) is 4.99 Å². The Bertz CT molecular complexity index is 188. The number of rotatable bonds is 6. The lowest BCUT2D eigenvalue weighted by Gasteiger charge is -2.26. The van der Waals surface area contributed by atoms with Crippen molar-refractivity contribution in [3.63, 3.8) is 0 Å². The number of hydrogen-bond acceptors (Lipinski definition) is 2. The second-order valence-electron chi connectivity index (χ2n) is 4.84. The van der Waals surface area contributed by atoms with E-state index in [-0.39, 0.29) is 0 Å². The largest absolute Gasteiger partial charge is 0.393 e. The van der Waals surface area contributed by atoms with Crippen molar-refractivity contribution in [3.8, 4) is 0 Å². The van der Waals surface area contributed by atoms with Gasteiger partial charge < -0.3 is 10.6 Å². The van der Waals surface area contributed by atoms with Gasteiger partial charge in [0.1, 0.15) is 0 Å². The molecule has 0 spiro atoms. The molecule has 0 aliphatic heterocycles. The van der Waals surface area contributed by atoms with E-state index in [4.69, 9.17) is 18.0 Å². The zero-order valence-electron chi connectivity index (χ0n) is 9.87. The maximum Gasteiger partial charge on any atom is 0.0727 e. The summed E-state index contributed by atoms with van der Waals surface area (Å²) in [5.74, 6) is 0.938. The molecule has 3 heteroatoms. The predicted octanol–water partition coefficient (Wildman–Crippen LogP) is 2.56. The van der Waals surface area contributed by atoms with Crippen LogP contribution in [-0.2, 0) is 0 Å². The summed E-state index contributed by atoms with van der Waals surface area (Å²) in [7, 11) is 2.22. The van der Waals surface area contributed by atoms with E-state index in [0.717, 1.165) is 25.3 Å². The van der Waals surface area contributed by atoms with E-state index in [1.54, 1.807) is 0 Å². The number of hydrogen-bond donors (Lipinski definition) is 1. The Morgan fingerprint density at radius 3 is 2.60 bits per heavy atom. The summed E-state index contributed by atoms with van der Waals surface area (Å²) < 4.78 is 0. The van der Waals surface area contributed by atoms with Gasteiger partial charge in [-0.3, -0.25) is 0 Å². The van der Waals surface area contributed by atoms with Crippen molar-refractivity contribution in [2.75, 3.05) is 20.1 Å². The Morgan fingerprint density at radius 2 is 2.00 bits per heavy atom. The normalized spacial score (nSPS) is 18.3. The fourth-order valence-electron chi connectivity index (χ4n) is 2.42. The van der Waals surface area contributed by atoms with Crippen LogP contribution in [0.25, 0.3) is 0 Å². The molecular formula is C12H24N2S.